The van der Waals surface area contributed by atoms with Gasteiger partial charge in [-0.1, -0.05) is 18.2 Å². The van der Waals surface area contributed by atoms with E-state index in [9.17, 15) is 14.4 Å². The van der Waals surface area contributed by atoms with Gasteiger partial charge < -0.3 is 36.1 Å². The van der Waals surface area contributed by atoms with Crippen molar-refractivity contribution in [2.45, 2.75) is 64.1 Å². The molecule has 1 aliphatic heterocycles. The Hall–Kier alpha value is -4.94. The fourth-order valence-electron chi connectivity index (χ4n) is 5.27. The van der Waals surface area contributed by atoms with Gasteiger partial charge in [-0.25, -0.2) is 19.3 Å². The van der Waals surface area contributed by atoms with Crippen LogP contribution >= 0.6 is 0 Å². The number of nitrogens with one attached hydrogen (secondary N) is 3. The number of fused-ring (bicyclic) bond motifs is 1. The van der Waals surface area contributed by atoms with Crippen LogP contribution in [0.5, 0.6) is 5.75 Å². The number of nitrogens with two attached hydrogens (primary N) is 1. The van der Waals surface area contributed by atoms with E-state index in [1.165, 1.54) is 0 Å². The number of amides is 3. The van der Waals surface area contributed by atoms with E-state index in [-0.39, 0.29) is 18.9 Å². The zero-order valence-electron chi connectivity index (χ0n) is 26.6. The Morgan fingerprint density at radius 3 is 2.67 bits per heavy atom. The Morgan fingerprint density at radius 1 is 1.20 bits per heavy atom. The predicted octanol–water partition coefficient (Wildman–Crippen LogP) is 3.79. The first-order chi connectivity index (χ1) is 21.4. The van der Waals surface area contributed by atoms with Crippen LogP contribution in [0.1, 0.15) is 46.5 Å². The third-order valence-corrected chi connectivity index (χ3v) is 7.30. The SMILES string of the molecule is C=[N+](C)c1c(NC)ncnc1N1CCCC1COc1cccc2ccc(NC(=O)C(CCC(N)=O)NC(=O)OC(C)(C)C)cc12. The Morgan fingerprint density at radius 2 is 1.98 bits per heavy atom. The monoisotopic (exact) mass is 619 g/mol. The minimum absolute atomic E-state index is 0.0218. The number of carbonyl (C=O) groups excluding carboxylic acids is 3. The van der Waals surface area contributed by atoms with Crippen molar-refractivity contribution < 1.29 is 28.4 Å². The molecule has 0 bridgehead atoms. The molecule has 0 spiro atoms. The van der Waals surface area contributed by atoms with Gasteiger partial charge in [0.25, 0.3) is 5.69 Å². The van der Waals surface area contributed by atoms with E-state index >= 15 is 0 Å². The average Bonchev–Trinajstić information content (AvgIpc) is 3.45. The molecule has 5 N–H and O–H groups in total. The van der Waals surface area contributed by atoms with E-state index < -0.39 is 29.6 Å². The molecule has 3 amide bonds. The van der Waals surface area contributed by atoms with Crippen LogP contribution in [0.2, 0.25) is 0 Å². The van der Waals surface area contributed by atoms with Crippen molar-refractivity contribution in [1.82, 2.24) is 15.3 Å². The lowest BCUT2D eigenvalue weighted by molar-refractivity contribution is -0.393. The molecule has 1 aromatic heterocycles. The van der Waals surface area contributed by atoms with Gasteiger partial charge in [-0.05, 0) is 63.6 Å². The molecule has 13 heteroatoms. The van der Waals surface area contributed by atoms with E-state index in [4.69, 9.17) is 15.2 Å². The highest BCUT2D eigenvalue weighted by Gasteiger charge is 2.32. The highest BCUT2D eigenvalue weighted by atomic mass is 16.6. The number of primary amides is 1. The molecule has 13 nitrogen and oxygen atoms in total. The maximum atomic E-state index is 13.2. The molecule has 0 radical (unpaired) electrons. The van der Waals surface area contributed by atoms with Crippen LogP contribution in [-0.4, -0.2) is 84.1 Å². The topological polar surface area (TPSA) is 164 Å². The summed E-state index contributed by atoms with van der Waals surface area (Å²) in [5, 5.41) is 10.3. The minimum atomic E-state index is -1.03. The molecule has 3 aromatic rings. The molecule has 2 aromatic carbocycles. The molecular formula is C32H43N8O5+. The van der Waals surface area contributed by atoms with Crippen molar-refractivity contribution in [3.8, 4) is 5.75 Å². The Bertz CT molecular complexity index is 1570. The Kier molecular flexibility index (Phi) is 10.4. The van der Waals surface area contributed by atoms with Crippen molar-refractivity contribution in [1.29, 1.82) is 0 Å². The van der Waals surface area contributed by atoms with Crippen molar-refractivity contribution in [3.63, 3.8) is 0 Å². The molecule has 1 fully saturated rings. The standard InChI is InChI=1S/C32H42N8O5/c1-32(2,3)45-31(43)38-24(14-15-26(33)41)30(42)37-21-13-12-20-9-7-11-25(23(20)17-21)44-18-22-10-8-16-40(22)29-27(39(5)6)28(34-4)35-19-36-29/h7,9,11-13,17,19,22,24H,5,8,10,14-16,18H2,1-4,6H3,(H4-,33,34,35,36,37,38,41,42,43)/p+1. The van der Waals surface area contributed by atoms with Gasteiger partial charge in [0.1, 0.15) is 44.1 Å². The fourth-order valence-corrected chi connectivity index (χ4v) is 5.27. The van der Waals surface area contributed by atoms with Crippen LogP contribution in [0.25, 0.3) is 10.8 Å². The first kappa shape index (κ1) is 33.0. The molecule has 45 heavy (non-hydrogen) atoms. The molecule has 4 rings (SSSR count). The summed E-state index contributed by atoms with van der Waals surface area (Å²) >= 11 is 0. The maximum absolute atomic E-state index is 13.2. The normalized spacial score (nSPS) is 15.3. The summed E-state index contributed by atoms with van der Waals surface area (Å²) in [5.74, 6) is 1.08. The molecule has 1 aliphatic rings. The molecular weight excluding hydrogens is 576 g/mol. The van der Waals surface area contributed by atoms with E-state index in [0.717, 1.165) is 41.7 Å². The van der Waals surface area contributed by atoms with Crippen molar-refractivity contribution in [2.24, 2.45) is 5.73 Å². The number of hydrogen-bond donors (Lipinski definition) is 4. The number of alkyl carbamates (subject to hydrolysis) is 1. The number of rotatable bonds is 12. The number of nitrogens with zero attached hydrogens (tertiary/aromatic N) is 4. The van der Waals surface area contributed by atoms with Gasteiger partial charge in [-0.2, -0.15) is 0 Å². The van der Waals surface area contributed by atoms with Gasteiger partial charge in [0.15, 0.2) is 0 Å². The third-order valence-electron chi connectivity index (χ3n) is 7.30. The summed E-state index contributed by atoms with van der Waals surface area (Å²) in [5.41, 5.74) is 5.87. The van der Waals surface area contributed by atoms with Crippen LogP contribution in [0.15, 0.2) is 42.7 Å². The third kappa shape index (κ3) is 8.58. The van der Waals surface area contributed by atoms with Gasteiger partial charge in [-0.15, -0.1) is 0 Å². The summed E-state index contributed by atoms with van der Waals surface area (Å²) in [6.07, 6.45) is 2.65. The zero-order chi connectivity index (χ0) is 32.7. The predicted molar refractivity (Wildman–Crippen MR) is 175 cm³/mol. The van der Waals surface area contributed by atoms with Gasteiger partial charge in [-0.3, -0.25) is 9.59 Å². The van der Waals surface area contributed by atoms with E-state index in [1.807, 2.05) is 44.4 Å². The number of benzene rings is 2. The summed E-state index contributed by atoms with van der Waals surface area (Å²) in [4.78, 5) is 48.3. The van der Waals surface area contributed by atoms with E-state index in [1.54, 1.807) is 37.7 Å². The molecule has 2 unspecified atom stereocenters. The fraction of sp³-hybridized carbons (Fsp3) is 0.438. The second-order valence-electron chi connectivity index (χ2n) is 12.0. The number of ether oxygens (including phenoxy) is 2. The van der Waals surface area contributed by atoms with Crippen molar-refractivity contribution in [2.75, 3.05) is 42.8 Å². The van der Waals surface area contributed by atoms with Crippen molar-refractivity contribution in [3.05, 3.63) is 42.7 Å². The second kappa shape index (κ2) is 14.2. The quantitative estimate of drug-likeness (QED) is 0.174. The molecule has 0 aliphatic carbocycles. The molecule has 2 heterocycles. The molecule has 0 saturated carbocycles. The van der Waals surface area contributed by atoms with Crippen LogP contribution < -0.4 is 31.3 Å². The number of carbonyl (C=O) groups is 3. The van der Waals surface area contributed by atoms with Crippen molar-refractivity contribution >= 4 is 58.4 Å². The summed E-state index contributed by atoms with van der Waals surface area (Å²) in [6.45, 7) is 10.5. The lowest BCUT2D eigenvalue weighted by atomic mass is 10.1. The smallest absolute Gasteiger partial charge is 0.408 e. The van der Waals surface area contributed by atoms with Crippen LogP contribution in [0, 0.1) is 0 Å². The van der Waals surface area contributed by atoms with Gasteiger partial charge in [0.2, 0.25) is 23.5 Å². The van der Waals surface area contributed by atoms with E-state index in [0.29, 0.717) is 23.9 Å². The lowest BCUT2D eigenvalue weighted by Gasteiger charge is -2.26. The lowest BCUT2D eigenvalue weighted by Crippen LogP contribution is -2.46. The average molecular weight is 620 g/mol. The molecule has 2 atom stereocenters. The summed E-state index contributed by atoms with van der Waals surface area (Å²) in [7, 11) is 3.68. The number of aromatic nitrogens is 2. The van der Waals surface area contributed by atoms with Gasteiger partial charge in [0.05, 0.1) is 6.04 Å². The van der Waals surface area contributed by atoms with Crippen LogP contribution in [0.4, 0.5) is 27.8 Å². The number of hydrogen-bond acceptors (Lipinski definition) is 9. The Labute approximate surface area is 263 Å². The summed E-state index contributed by atoms with van der Waals surface area (Å²) < 4.78 is 13.5. The maximum Gasteiger partial charge on any atom is 0.408 e. The highest BCUT2D eigenvalue weighted by Crippen LogP contribution is 2.36. The van der Waals surface area contributed by atoms with Crippen LogP contribution in [0.3, 0.4) is 0 Å². The zero-order valence-corrected chi connectivity index (χ0v) is 26.6. The molecule has 240 valence electrons. The highest BCUT2D eigenvalue weighted by molar-refractivity contribution is 5.99. The number of anilines is 3. The second-order valence-corrected chi connectivity index (χ2v) is 12.0. The van der Waals surface area contributed by atoms with Gasteiger partial charge >= 0.3 is 6.09 Å². The Balaban J connectivity index is 1.51. The van der Waals surface area contributed by atoms with E-state index in [2.05, 4.69) is 37.5 Å². The first-order valence-electron chi connectivity index (χ1n) is 14.9. The molecule has 1 saturated heterocycles. The largest absolute Gasteiger partial charge is 0.491 e. The minimum Gasteiger partial charge on any atom is -0.491 e. The summed E-state index contributed by atoms with van der Waals surface area (Å²) in [6, 6.07) is 10.3. The first-order valence-corrected chi connectivity index (χ1v) is 14.9. The van der Waals surface area contributed by atoms with Crippen LogP contribution in [-0.2, 0) is 14.3 Å². The van der Waals surface area contributed by atoms with Gasteiger partial charge in [0, 0.05) is 31.1 Å².